The molecule has 224 valence electrons. The summed E-state index contributed by atoms with van der Waals surface area (Å²) in [6.45, 7) is 28.1. The van der Waals surface area contributed by atoms with Gasteiger partial charge in [-0.05, 0) is 109 Å². The van der Waals surface area contributed by atoms with E-state index in [0.717, 1.165) is 33.4 Å². The first-order chi connectivity index (χ1) is 18.8. The van der Waals surface area contributed by atoms with Crippen LogP contribution in [0.15, 0.2) is 61.7 Å². The van der Waals surface area contributed by atoms with Crippen LogP contribution in [0.5, 0.6) is 0 Å². The van der Waals surface area contributed by atoms with Crippen LogP contribution in [0.25, 0.3) is 11.1 Å². The fraction of sp³-hybridized carbons (Fsp3) is 0.486. The molecule has 0 fully saturated rings. The average molecular weight is 561 g/mol. The van der Waals surface area contributed by atoms with Gasteiger partial charge >= 0.3 is 12.1 Å². The van der Waals surface area contributed by atoms with Crippen LogP contribution in [-0.4, -0.2) is 23.1 Å². The summed E-state index contributed by atoms with van der Waals surface area (Å²) in [5.74, 6) is 0. The largest absolute Gasteiger partial charge is 0.333 e. The van der Waals surface area contributed by atoms with Crippen molar-refractivity contribution >= 4 is 23.2 Å². The standard InChI is InChI=1S/C35H52N4O2/c1-13-34(11,38-30(40)36-32(7,8)28-19-15-17-26(21-28)24(3)4)23-35(12,14-2)39-31(41)37-33(9,10)29-20-16-18-27(22-29)25(5)6/h15-22H,3,5,13-14,23H2,1-2,4,6-12H3,(H2,36,38,40)(H2,37,39,41). The summed E-state index contributed by atoms with van der Waals surface area (Å²) < 4.78 is 0. The van der Waals surface area contributed by atoms with Crippen molar-refractivity contribution in [1.82, 2.24) is 21.3 Å². The van der Waals surface area contributed by atoms with Crippen molar-refractivity contribution in [2.75, 3.05) is 0 Å². The number of nitrogens with one attached hydrogen (secondary N) is 4. The van der Waals surface area contributed by atoms with Crippen LogP contribution in [0.4, 0.5) is 9.59 Å². The zero-order chi connectivity index (χ0) is 31.2. The molecule has 0 radical (unpaired) electrons. The van der Waals surface area contributed by atoms with Crippen molar-refractivity contribution in [3.63, 3.8) is 0 Å². The molecule has 2 unspecified atom stereocenters. The maximum Gasteiger partial charge on any atom is 0.315 e. The van der Waals surface area contributed by atoms with Crippen LogP contribution in [0, 0.1) is 0 Å². The van der Waals surface area contributed by atoms with Crippen molar-refractivity contribution in [1.29, 1.82) is 0 Å². The monoisotopic (exact) mass is 560 g/mol. The Morgan fingerprint density at radius 3 is 1.27 bits per heavy atom. The maximum absolute atomic E-state index is 13.3. The number of benzene rings is 2. The Morgan fingerprint density at radius 1 is 0.634 bits per heavy atom. The average Bonchev–Trinajstić information content (AvgIpc) is 2.87. The lowest BCUT2D eigenvalue weighted by Gasteiger charge is -2.41. The number of hydrogen-bond acceptors (Lipinski definition) is 2. The van der Waals surface area contributed by atoms with E-state index in [1.54, 1.807) is 0 Å². The summed E-state index contributed by atoms with van der Waals surface area (Å²) in [6.07, 6.45) is 1.96. The molecular formula is C35H52N4O2. The third-order valence-corrected chi connectivity index (χ3v) is 8.18. The summed E-state index contributed by atoms with van der Waals surface area (Å²) in [5.41, 5.74) is 3.75. The van der Waals surface area contributed by atoms with Gasteiger partial charge in [-0.3, -0.25) is 0 Å². The molecule has 0 aliphatic rings. The van der Waals surface area contributed by atoms with Gasteiger partial charge in [0.25, 0.3) is 0 Å². The van der Waals surface area contributed by atoms with E-state index < -0.39 is 22.2 Å². The van der Waals surface area contributed by atoms with E-state index in [1.807, 2.05) is 91.8 Å². The van der Waals surface area contributed by atoms with Gasteiger partial charge in [0, 0.05) is 11.1 Å². The van der Waals surface area contributed by atoms with Gasteiger partial charge < -0.3 is 21.3 Å². The van der Waals surface area contributed by atoms with Crippen LogP contribution in [0.1, 0.15) is 111 Å². The second kappa shape index (κ2) is 13.0. The molecule has 0 heterocycles. The topological polar surface area (TPSA) is 82.3 Å². The number of carbonyl (C=O) groups is 2. The number of carbonyl (C=O) groups excluding carboxylic acids is 2. The third-order valence-electron chi connectivity index (χ3n) is 8.18. The van der Waals surface area contributed by atoms with E-state index >= 15 is 0 Å². The highest BCUT2D eigenvalue weighted by molar-refractivity contribution is 5.77. The first-order valence-corrected chi connectivity index (χ1v) is 14.6. The van der Waals surface area contributed by atoms with Crippen LogP contribution in [-0.2, 0) is 11.1 Å². The van der Waals surface area contributed by atoms with E-state index in [1.165, 1.54) is 0 Å². The number of amides is 4. The first-order valence-electron chi connectivity index (χ1n) is 14.6. The lowest BCUT2D eigenvalue weighted by Crippen LogP contribution is -2.60. The van der Waals surface area contributed by atoms with Gasteiger partial charge in [-0.1, -0.05) is 74.5 Å². The predicted molar refractivity (Wildman–Crippen MR) is 174 cm³/mol. The highest BCUT2D eigenvalue weighted by Gasteiger charge is 2.37. The normalized spacial score (nSPS) is 14.7. The van der Waals surface area contributed by atoms with Gasteiger partial charge in [0.2, 0.25) is 0 Å². The lowest BCUT2D eigenvalue weighted by molar-refractivity contribution is 0.181. The molecule has 6 heteroatoms. The van der Waals surface area contributed by atoms with Gasteiger partial charge in [0.05, 0.1) is 11.1 Å². The molecule has 2 aromatic carbocycles. The Kier molecular flexibility index (Phi) is 10.6. The first kappa shape index (κ1) is 33.7. The SMILES string of the molecule is C=C(C)c1cccc(C(C)(C)NC(=O)NC(C)(CC)CC(C)(CC)NC(=O)NC(C)(C)c2cccc(C(=C)C)c2)c1. The molecule has 0 bridgehead atoms. The molecule has 0 spiro atoms. The highest BCUT2D eigenvalue weighted by Crippen LogP contribution is 2.29. The number of allylic oxidation sites excluding steroid dienone is 2. The minimum absolute atomic E-state index is 0.249. The summed E-state index contributed by atoms with van der Waals surface area (Å²) in [6, 6.07) is 15.7. The highest BCUT2D eigenvalue weighted by atomic mass is 16.2. The molecule has 0 aliphatic carbocycles. The number of urea groups is 2. The van der Waals surface area contributed by atoms with Crippen LogP contribution in [0.3, 0.4) is 0 Å². The van der Waals surface area contributed by atoms with Gasteiger partial charge in [0.15, 0.2) is 0 Å². The molecule has 0 saturated heterocycles. The van der Waals surface area contributed by atoms with Gasteiger partial charge in [0.1, 0.15) is 0 Å². The molecule has 6 nitrogen and oxygen atoms in total. The summed E-state index contributed by atoms with van der Waals surface area (Å²) in [4.78, 5) is 26.6. The van der Waals surface area contributed by atoms with Crippen LogP contribution in [0.2, 0.25) is 0 Å². The van der Waals surface area contributed by atoms with Crippen molar-refractivity contribution in [2.24, 2.45) is 0 Å². The molecule has 0 aromatic heterocycles. The fourth-order valence-corrected chi connectivity index (χ4v) is 5.05. The molecule has 2 atom stereocenters. The van der Waals surface area contributed by atoms with E-state index in [-0.39, 0.29) is 12.1 Å². The molecule has 41 heavy (non-hydrogen) atoms. The Balaban J connectivity index is 2.13. The molecule has 4 amide bonds. The Labute approximate surface area is 248 Å². The second-order valence-corrected chi connectivity index (χ2v) is 13.1. The Hall–Kier alpha value is -3.54. The minimum atomic E-state index is -0.594. The maximum atomic E-state index is 13.3. The summed E-state index contributed by atoms with van der Waals surface area (Å²) in [7, 11) is 0. The van der Waals surface area contributed by atoms with E-state index in [0.29, 0.717) is 19.3 Å². The predicted octanol–water partition coefficient (Wildman–Crippen LogP) is 8.25. The van der Waals surface area contributed by atoms with E-state index in [4.69, 9.17) is 0 Å². The molecule has 4 N–H and O–H groups in total. The molecule has 2 rings (SSSR count). The number of hydrogen-bond donors (Lipinski definition) is 4. The van der Waals surface area contributed by atoms with Gasteiger partial charge in [-0.15, -0.1) is 0 Å². The zero-order valence-corrected chi connectivity index (χ0v) is 27.0. The fourth-order valence-electron chi connectivity index (χ4n) is 5.05. The van der Waals surface area contributed by atoms with Crippen molar-refractivity contribution in [3.8, 4) is 0 Å². The molecule has 0 saturated carbocycles. The van der Waals surface area contributed by atoms with Crippen molar-refractivity contribution in [2.45, 2.75) is 111 Å². The minimum Gasteiger partial charge on any atom is -0.333 e. The Morgan fingerprint density at radius 2 is 0.976 bits per heavy atom. The quantitative estimate of drug-likeness (QED) is 0.211. The van der Waals surface area contributed by atoms with Gasteiger partial charge in [-0.2, -0.15) is 0 Å². The number of rotatable bonds is 12. The molecular weight excluding hydrogens is 508 g/mol. The van der Waals surface area contributed by atoms with Crippen molar-refractivity contribution < 1.29 is 9.59 Å². The van der Waals surface area contributed by atoms with Crippen LogP contribution < -0.4 is 21.3 Å². The zero-order valence-electron chi connectivity index (χ0n) is 27.0. The molecule has 0 aliphatic heterocycles. The summed E-state index contributed by atoms with van der Waals surface area (Å²) >= 11 is 0. The molecule has 2 aromatic rings. The van der Waals surface area contributed by atoms with Crippen molar-refractivity contribution in [3.05, 3.63) is 83.9 Å². The Bertz CT molecular complexity index is 1180. The van der Waals surface area contributed by atoms with Gasteiger partial charge in [-0.25, -0.2) is 9.59 Å². The second-order valence-electron chi connectivity index (χ2n) is 13.1. The summed E-state index contributed by atoms with van der Waals surface area (Å²) in [5, 5.41) is 12.7. The third kappa shape index (κ3) is 9.24. The van der Waals surface area contributed by atoms with Crippen LogP contribution >= 0.6 is 0 Å². The van der Waals surface area contributed by atoms with E-state index in [9.17, 15) is 9.59 Å². The lowest BCUT2D eigenvalue weighted by atomic mass is 9.81. The smallest absolute Gasteiger partial charge is 0.315 e. The van der Waals surface area contributed by atoms with E-state index in [2.05, 4.69) is 60.4 Å².